The number of pyridine rings is 1. The van der Waals surface area contributed by atoms with Crippen molar-refractivity contribution in [2.24, 2.45) is 0 Å². The van der Waals surface area contributed by atoms with Gasteiger partial charge in [0.05, 0.1) is 31.0 Å². The van der Waals surface area contributed by atoms with Gasteiger partial charge >= 0.3 is 5.97 Å². The second-order valence-corrected chi connectivity index (χ2v) is 10.7. The lowest BCUT2D eigenvalue weighted by atomic mass is 9.95. The molecule has 2 aromatic heterocycles. The fraction of sp³-hybridized carbons (Fsp3) is 0.333. The average Bonchev–Trinajstić information content (AvgIpc) is 3.43. The molecule has 0 radical (unpaired) electrons. The quantitative estimate of drug-likeness (QED) is 0.289. The summed E-state index contributed by atoms with van der Waals surface area (Å²) >= 11 is 1.28. The minimum absolute atomic E-state index is 0.329. The molecule has 1 N–H and O–H groups in total. The van der Waals surface area contributed by atoms with Crippen molar-refractivity contribution in [2.45, 2.75) is 45.9 Å². The lowest BCUT2D eigenvalue weighted by Crippen LogP contribution is -2.37. The van der Waals surface area contributed by atoms with Crippen molar-refractivity contribution in [1.82, 2.24) is 14.9 Å². The highest BCUT2D eigenvalue weighted by atomic mass is 32.1. The molecular formula is C30H32N4O5S. The number of anilines is 1. The third-order valence-electron chi connectivity index (χ3n) is 7.08. The van der Waals surface area contributed by atoms with E-state index in [0.717, 1.165) is 40.7 Å². The molecule has 1 aliphatic rings. The van der Waals surface area contributed by atoms with Gasteiger partial charge in [-0.05, 0) is 45.0 Å². The molecule has 5 rings (SSSR count). The van der Waals surface area contributed by atoms with E-state index in [9.17, 15) is 9.59 Å². The van der Waals surface area contributed by atoms with Gasteiger partial charge < -0.3 is 14.2 Å². The normalized spacial score (nSPS) is 14.1. The molecule has 9 nitrogen and oxygen atoms in total. The minimum Gasteiger partial charge on any atom is -0.493 e. The molecule has 10 heteroatoms. The molecule has 4 aromatic rings. The van der Waals surface area contributed by atoms with E-state index in [0.29, 0.717) is 40.5 Å². The molecule has 0 bridgehead atoms. The molecule has 1 amide bonds. The molecule has 40 heavy (non-hydrogen) atoms. The van der Waals surface area contributed by atoms with E-state index in [2.05, 4.69) is 29.0 Å². The first-order valence-electron chi connectivity index (χ1n) is 13.1. The van der Waals surface area contributed by atoms with Crippen molar-refractivity contribution in [3.63, 3.8) is 0 Å². The maximum atomic E-state index is 13.6. The van der Waals surface area contributed by atoms with Crippen molar-refractivity contribution in [2.75, 3.05) is 26.1 Å². The number of esters is 1. The van der Waals surface area contributed by atoms with Gasteiger partial charge in [0.2, 0.25) is 0 Å². The summed E-state index contributed by atoms with van der Waals surface area (Å²) in [6.07, 6.45) is -0.283. The fourth-order valence-corrected chi connectivity index (χ4v) is 5.55. The van der Waals surface area contributed by atoms with Gasteiger partial charge in [0.15, 0.2) is 22.7 Å². The number of carbonyl (C=O) groups excluding carboxylic acids is 2. The number of aromatic nitrogens is 2. The van der Waals surface area contributed by atoms with Gasteiger partial charge in [-0.15, -0.1) is 11.3 Å². The van der Waals surface area contributed by atoms with Gasteiger partial charge in [-0.3, -0.25) is 20.0 Å². The van der Waals surface area contributed by atoms with E-state index in [1.807, 2.05) is 41.8 Å². The zero-order valence-electron chi connectivity index (χ0n) is 23.2. The number of ether oxygens (including phenoxy) is 3. The number of methoxy groups -OCH3 is 2. The van der Waals surface area contributed by atoms with E-state index in [1.54, 1.807) is 27.2 Å². The Bertz CT molecular complexity index is 1570. The van der Waals surface area contributed by atoms with Gasteiger partial charge in [0.25, 0.3) is 5.91 Å². The van der Waals surface area contributed by atoms with Crippen LogP contribution in [0.15, 0.2) is 47.8 Å². The maximum Gasteiger partial charge on any atom is 0.339 e. The van der Waals surface area contributed by atoms with Crippen LogP contribution in [0.5, 0.6) is 11.5 Å². The maximum absolute atomic E-state index is 13.6. The number of thiazole rings is 1. The Hall–Kier alpha value is -4.02. The van der Waals surface area contributed by atoms with Gasteiger partial charge in [0, 0.05) is 53.1 Å². The summed E-state index contributed by atoms with van der Waals surface area (Å²) in [6.45, 7) is 7.32. The summed E-state index contributed by atoms with van der Waals surface area (Å²) in [5, 5.41) is 5.74. The highest BCUT2D eigenvalue weighted by Crippen LogP contribution is 2.34. The Morgan fingerprint density at radius 3 is 2.55 bits per heavy atom. The molecule has 1 unspecified atom stereocenters. The average molecular weight is 561 g/mol. The molecule has 0 saturated heterocycles. The number of rotatable bonds is 8. The van der Waals surface area contributed by atoms with Crippen LogP contribution in [0.3, 0.4) is 0 Å². The van der Waals surface area contributed by atoms with Crippen LogP contribution in [0.4, 0.5) is 5.13 Å². The summed E-state index contributed by atoms with van der Waals surface area (Å²) in [6, 6.07) is 13.4. The van der Waals surface area contributed by atoms with Gasteiger partial charge in [-0.1, -0.05) is 18.2 Å². The second kappa shape index (κ2) is 11.6. The Morgan fingerprint density at radius 1 is 1.02 bits per heavy atom. The lowest BCUT2D eigenvalue weighted by Gasteiger charge is -2.32. The molecule has 0 saturated carbocycles. The molecule has 1 aliphatic heterocycles. The summed E-state index contributed by atoms with van der Waals surface area (Å²) in [7, 11) is 3.15. The monoisotopic (exact) mass is 560 g/mol. The predicted molar refractivity (Wildman–Crippen MR) is 155 cm³/mol. The number of amides is 1. The number of hydrogen-bond donors (Lipinski definition) is 1. The van der Waals surface area contributed by atoms with Crippen LogP contribution in [0.25, 0.3) is 22.2 Å². The molecule has 3 heterocycles. The zero-order chi connectivity index (χ0) is 28.4. The summed E-state index contributed by atoms with van der Waals surface area (Å²) < 4.78 is 16.4. The largest absolute Gasteiger partial charge is 0.493 e. The summed E-state index contributed by atoms with van der Waals surface area (Å²) in [5.41, 5.74) is 4.50. The number of hydrogen-bond acceptors (Lipinski definition) is 9. The van der Waals surface area contributed by atoms with Crippen LogP contribution in [0.2, 0.25) is 0 Å². The molecule has 2 aromatic carbocycles. The van der Waals surface area contributed by atoms with Crippen LogP contribution < -0.4 is 14.8 Å². The number of benzene rings is 2. The van der Waals surface area contributed by atoms with Crippen LogP contribution >= 0.6 is 11.3 Å². The third-order valence-corrected chi connectivity index (χ3v) is 7.83. The Morgan fingerprint density at radius 2 is 1.80 bits per heavy atom. The Balaban J connectivity index is 1.33. The lowest BCUT2D eigenvalue weighted by molar-refractivity contribution is -0.123. The predicted octanol–water partition coefficient (Wildman–Crippen LogP) is 5.33. The van der Waals surface area contributed by atoms with E-state index >= 15 is 0 Å². The first kappa shape index (κ1) is 27.5. The van der Waals surface area contributed by atoms with Crippen LogP contribution in [-0.4, -0.2) is 59.7 Å². The summed E-state index contributed by atoms with van der Waals surface area (Å²) in [5.74, 6) is 0.207. The number of nitrogens with one attached hydrogen (secondary N) is 1. The standard InChI is InChI=1S/C30H32N4O5S/c1-17(2)34-13-12-23-21(15-34)27(20-8-6-7-9-22(20)31-23)29(36)39-18(3)28(35)33-30-32-24(16-40-30)19-10-11-25(37-4)26(14-19)38-5/h6-11,14,16-18H,12-13,15H2,1-5H3,(H,32,33,35). The van der Waals surface area contributed by atoms with Crippen molar-refractivity contribution in [1.29, 1.82) is 0 Å². The van der Waals surface area contributed by atoms with E-state index in [-0.39, 0.29) is 0 Å². The number of nitrogens with zero attached hydrogens (tertiary/aromatic N) is 3. The Labute approximate surface area is 237 Å². The molecule has 1 atom stereocenters. The fourth-order valence-electron chi connectivity index (χ4n) is 4.82. The minimum atomic E-state index is -1.03. The number of carbonyl (C=O) groups is 2. The van der Waals surface area contributed by atoms with Crippen LogP contribution in [0.1, 0.15) is 42.4 Å². The third kappa shape index (κ3) is 5.50. The first-order valence-corrected chi connectivity index (χ1v) is 14.0. The van der Waals surface area contributed by atoms with Gasteiger partial charge in [-0.25, -0.2) is 9.78 Å². The first-order chi connectivity index (χ1) is 19.3. The SMILES string of the molecule is COc1ccc(-c2csc(NC(=O)C(C)OC(=O)c3c4c(nc5ccccc35)CCN(C(C)C)C4)n2)cc1OC. The zero-order valence-corrected chi connectivity index (χ0v) is 24.0. The highest BCUT2D eigenvalue weighted by molar-refractivity contribution is 7.14. The number of para-hydroxylation sites is 1. The highest BCUT2D eigenvalue weighted by Gasteiger charge is 2.29. The van der Waals surface area contributed by atoms with E-state index in [1.165, 1.54) is 11.3 Å². The number of fused-ring (bicyclic) bond motifs is 2. The smallest absolute Gasteiger partial charge is 0.339 e. The summed E-state index contributed by atoms with van der Waals surface area (Å²) in [4.78, 5) is 38.3. The van der Waals surface area contributed by atoms with Crippen molar-refractivity contribution >= 4 is 39.2 Å². The van der Waals surface area contributed by atoms with E-state index in [4.69, 9.17) is 19.2 Å². The molecule has 0 aliphatic carbocycles. The topological polar surface area (TPSA) is 103 Å². The van der Waals surface area contributed by atoms with Crippen LogP contribution in [-0.2, 0) is 22.5 Å². The van der Waals surface area contributed by atoms with E-state index < -0.39 is 18.0 Å². The molecule has 0 spiro atoms. The molecule has 208 valence electrons. The molecular weight excluding hydrogens is 528 g/mol. The van der Waals surface area contributed by atoms with Crippen molar-refractivity contribution in [3.8, 4) is 22.8 Å². The van der Waals surface area contributed by atoms with Gasteiger partial charge in [0.1, 0.15) is 0 Å². The van der Waals surface area contributed by atoms with Crippen molar-refractivity contribution < 1.29 is 23.8 Å². The Kier molecular flexibility index (Phi) is 7.99. The van der Waals surface area contributed by atoms with Gasteiger partial charge in [-0.2, -0.15) is 0 Å². The second-order valence-electron chi connectivity index (χ2n) is 9.89. The van der Waals surface area contributed by atoms with Crippen LogP contribution in [0, 0.1) is 0 Å². The van der Waals surface area contributed by atoms with Crippen molar-refractivity contribution in [3.05, 3.63) is 64.7 Å². The molecule has 0 fully saturated rings.